The van der Waals surface area contributed by atoms with Crippen LogP contribution in [0.2, 0.25) is 9.26 Å². The van der Waals surface area contributed by atoms with Crippen molar-refractivity contribution < 1.29 is 17.4 Å². The molecule has 2 aliphatic rings. The van der Waals surface area contributed by atoms with Gasteiger partial charge in [-0.25, -0.2) is 0 Å². The van der Waals surface area contributed by atoms with Crippen LogP contribution in [0.15, 0.2) is 90.5 Å². The fourth-order valence-electron chi connectivity index (χ4n) is 6.56. The topological polar surface area (TPSA) is 0 Å². The molecule has 32 heavy (non-hydrogen) atoms. The molecule has 0 aliphatic heterocycles. The van der Waals surface area contributed by atoms with Crippen LogP contribution in [0.4, 0.5) is 0 Å². The number of halogens is 2. The molecule has 0 bridgehead atoms. The average Bonchev–Trinajstić information content (AvgIpc) is 3.19. The molecule has 0 saturated heterocycles. The Bertz CT molecular complexity index is 1110. The van der Waals surface area contributed by atoms with E-state index in [4.69, 9.17) is 0 Å². The minimum absolute atomic E-state index is 0. The number of allylic oxidation sites excluding steroid dienone is 8. The maximum absolute atomic E-state index is 3.36. The van der Waals surface area contributed by atoms with Gasteiger partial charge in [-0.05, 0) is 0 Å². The molecule has 0 aromatic heterocycles. The van der Waals surface area contributed by atoms with E-state index in [9.17, 15) is 0 Å². The molecule has 2 aromatic carbocycles. The van der Waals surface area contributed by atoms with Crippen LogP contribution in [0.3, 0.4) is 0 Å². The van der Waals surface area contributed by atoms with Crippen molar-refractivity contribution in [1.82, 2.24) is 0 Å². The van der Waals surface area contributed by atoms with Crippen LogP contribution >= 0.6 is 24.8 Å². The zero-order valence-corrected chi connectivity index (χ0v) is 25.6. The first-order valence-corrected chi connectivity index (χ1v) is 24.4. The van der Waals surface area contributed by atoms with Gasteiger partial charge in [0.1, 0.15) is 0 Å². The van der Waals surface area contributed by atoms with Gasteiger partial charge in [0.05, 0.1) is 0 Å². The molecule has 2 atom stereocenters. The molecule has 170 valence electrons. The minimum atomic E-state index is -3.36. The summed E-state index contributed by atoms with van der Waals surface area (Å²) in [5.41, 5.74) is 8.71. The quantitative estimate of drug-likeness (QED) is 0.330. The first-order chi connectivity index (χ1) is 14.1. The van der Waals surface area contributed by atoms with Crippen LogP contribution in [0.5, 0.6) is 0 Å². The van der Waals surface area contributed by atoms with Crippen LogP contribution in [0.1, 0.15) is 38.8 Å². The van der Waals surface area contributed by atoms with Crippen LogP contribution in [-0.2, 0) is 17.4 Å². The zero-order chi connectivity index (χ0) is 21.7. The Balaban J connectivity index is 0.00000181. The molecule has 4 heteroatoms. The Kier molecular flexibility index (Phi) is 8.32. The van der Waals surface area contributed by atoms with Crippen molar-refractivity contribution in [2.24, 2.45) is 11.8 Å². The van der Waals surface area contributed by atoms with Gasteiger partial charge in [-0.2, -0.15) is 0 Å². The van der Waals surface area contributed by atoms with Crippen LogP contribution in [0.25, 0.3) is 11.1 Å². The summed E-state index contributed by atoms with van der Waals surface area (Å²) in [6, 6.07) is 21.9. The van der Waals surface area contributed by atoms with E-state index in [1.165, 1.54) is 22.3 Å². The van der Waals surface area contributed by atoms with Gasteiger partial charge in [0.2, 0.25) is 0 Å². The van der Waals surface area contributed by atoms with Gasteiger partial charge in [0.25, 0.3) is 0 Å². The molecule has 0 nitrogen and oxygen atoms in total. The Hall–Kier alpha value is -0.920. The summed E-state index contributed by atoms with van der Waals surface area (Å²) in [5, 5.41) is 0. The largest absolute Gasteiger partial charge is 0.147 e. The summed E-state index contributed by atoms with van der Waals surface area (Å²) in [4.78, 5) is 0. The molecule has 0 amide bonds. The summed E-state index contributed by atoms with van der Waals surface area (Å²) in [6.45, 7) is 12.0. The molecule has 4 rings (SSSR count). The van der Waals surface area contributed by atoms with Crippen molar-refractivity contribution >= 4 is 42.8 Å². The first-order valence-electron chi connectivity index (χ1n) is 11.2. The summed E-state index contributed by atoms with van der Waals surface area (Å²) in [6.07, 6.45) is 5.05. The fraction of sp³-hybridized carbons (Fsp3) is 0.286. The summed E-state index contributed by atoms with van der Waals surface area (Å²) in [7, 11) is 0. The third kappa shape index (κ3) is 4.54. The van der Waals surface area contributed by atoms with E-state index in [0.717, 1.165) is 0 Å². The molecule has 0 heterocycles. The van der Waals surface area contributed by atoms with Gasteiger partial charge in [0, 0.05) is 0 Å². The van der Waals surface area contributed by atoms with Gasteiger partial charge in [-0.1, -0.05) is 0 Å². The monoisotopic (exact) mass is 560 g/mol. The molecule has 2 aromatic rings. The Morgan fingerprint density at radius 1 is 0.625 bits per heavy atom. The van der Waals surface area contributed by atoms with Crippen molar-refractivity contribution in [3.8, 4) is 0 Å². The molecular formula is C28H36Cl2SiZr. The summed E-state index contributed by atoms with van der Waals surface area (Å²) in [5.74, 6) is 1.04. The van der Waals surface area contributed by atoms with Gasteiger partial charge in [0.15, 0.2) is 0 Å². The first kappa shape index (κ1) is 27.3. The number of hydrogen-bond acceptors (Lipinski definition) is 0. The normalized spacial score (nSPS) is 21.1. The fourth-order valence-corrected chi connectivity index (χ4v) is 28.4. The van der Waals surface area contributed by atoms with Gasteiger partial charge in [-0.15, -0.1) is 24.8 Å². The van der Waals surface area contributed by atoms with Crippen molar-refractivity contribution in [2.75, 3.05) is 0 Å². The molecule has 0 N–H and O–H groups in total. The maximum atomic E-state index is 2.67. The van der Waals surface area contributed by atoms with E-state index >= 15 is 0 Å². The SMILES string of the molecule is CC1=[C]([Zr]([CH3])([CH3])(=[SiH2])[C]2=C(C)C(c3ccccc3)=CC2C)C(C)C=C1c1ccccc1.Cl.Cl. The Labute approximate surface area is 209 Å². The second-order valence-corrected chi connectivity index (χ2v) is 38.6. The second kappa shape index (κ2) is 9.75. The Morgan fingerprint density at radius 2 is 0.938 bits per heavy atom. The van der Waals surface area contributed by atoms with Crippen molar-refractivity contribution in [3.05, 3.63) is 102 Å². The molecule has 0 radical (unpaired) electrons. The average molecular weight is 563 g/mol. The van der Waals surface area contributed by atoms with E-state index in [-0.39, 0.29) is 24.8 Å². The zero-order valence-electron chi connectivity index (χ0n) is 20.1. The predicted molar refractivity (Wildman–Crippen MR) is 147 cm³/mol. The number of rotatable bonds is 4. The van der Waals surface area contributed by atoms with Crippen molar-refractivity contribution in [1.29, 1.82) is 0 Å². The smallest absolute Gasteiger partial charge is 0.147 e. The summed E-state index contributed by atoms with van der Waals surface area (Å²) >= 11 is -3.36. The van der Waals surface area contributed by atoms with Gasteiger partial charge < -0.3 is 0 Å². The van der Waals surface area contributed by atoms with E-state index in [0.29, 0.717) is 11.8 Å². The van der Waals surface area contributed by atoms with Gasteiger partial charge >= 0.3 is 186 Å². The number of hydrogen-bond donors (Lipinski definition) is 0. The predicted octanol–water partition coefficient (Wildman–Crippen LogP) is 8.18. The molecule has 0 fully saturated rings. The third-order valence-corrected chi connectivity index (χ3v) is 24.3. The number of benzene rings is 2. The van der Waals surface area contributed by atoms with Crippen LogP contribution < -0.4 is 0 Å². The molecular weight excluding hydrogens is 527 g/mol. The van der Waals surface area contributed by atoms with E-state index in [1.54, 1.807) is 17.7 Å². The second-order valence-electron chi connectivity index (χ2n) is 10.2. The molecule has 0 spiro atoms. The van der Waals surface area contributed by atoms with E-state index in [1.807, 2.05) is 0 Å². The minimum Gasteiger partial charge on any atom is -0.147 e. The van der Waals surface area contributed by atoms with Crippen LogP contribution in [0, 0.1) is 11.8 Å². The van der Waals surface area contributed by atoms with E-state index in [2.05, 4.69) is 117 Å². The molecule has 2 unspecified atom stereocenters. The van der Waals surface area contributed by atoms with Crippen molar-refractivity contribution in [3.63, 3.8) is 0 Å². The Morgan fingerprint density at radius 3 is 1.25 bits per heavy atom. The van der Waals surface area contributed by atoms with Crippen LogP contribution in [-0.4, -0.2) is 6.88 Å². The maximum Gasteiger partial charge on any atom is -0.147 e. The molecule has 2 aliphatic carbocycles. The summed E-state index contributed by atoms with van der Waals surface area (Å²) < 4.78 is 8.90. The van der Waals surface area contributed by atoms with Crippen molar-refractivity contribution in [2.45, 2.75) is 37.0 Å². The van der Waals surface area contributed by atoms with Gasteiger partial charge in [-0.3, -0.25) is 0 Å². The molecule has 0 saturated carbocycles. The standard InChI is InChI=1S/2C13H13.2CH3.2ClH.H2Si.Zr/c2*1-10-8-11(2)13(9-10)12-6-4-3-5-7-12;;;;;;/h2*3-7,9-10H,1-2H3;2*1H3;2*1H;1H2;. The van der Waals surface area contributed by atoms with E-state index < -0.39 is 17.4 Å². The third-order valence-electron chi connectivity index (χ3n) is 7.26.